The van der Waals surface area contributed by atoms with E-state index in [1.807, 2.05) is 30.3 Å². The van der Waals surface area contributed by atoms with Crippen molar-refractivity contribution in [2.75, 3.05) is 25.0 Å². The number of aromatic nitrogens is 1. The number of pyridine rings is 1. The first-order valence-corrected chi connectivity index (χ1v) is 10.6. The Morgan fingerprint density at radius 1 is 1.19 bits per heavy atom. The van der Waals surface area contributed by atoms with Crippen LogP contribution in [-0.2, 0) is 0 Å². The van der Waals surface area contributed by atoms with Gasteiger partial charge in [-0.2, -0.15) is 0 Å². The SMILES string of the molecule is N=Cc1cc(-n2ccc3oc(-c4ccc(Cl)cc4)cc3c2=O)ccc1NCC1=NCCN1. The van der Waals surface area contributed by atoms with Crippen molar-refractivity contribution in [3.8, 4) is 17.0 Å². The second-order valence-corrected chi connectivity index (χ2v) is 7.85. The van der Waals surface area contributed by atoms with Gasteiger partial charge in [0.25, 0.3) is 5.56 Å². The number of hydrogen-bond donors (Lipinski definition) is 3. The minimum Gasteiger partial charge on any atom is -0.456 e. The molecular weight excluding hydrogens is 426 g/mol. The zero-order valence-corrected chi connectivity index (χ0v) is 17.8. The molecule has 2 aromatic carbocycles. The highest BCUT2D eigenvalue weighted by atomic mass is 35.5. The number of amidine groups is 1. The average Bonchev–Trinajstić information content (AvgIpc) is 3.49. The van der Waals surface area contributed by atoms with Crippen LogP contribution < -0.4 is 16.2 Å². The number of anilines is 1. The molecule has 2 aromatic heterocycles. The lowest BCUT2D eigenvalue weighted by Gasteiger charge is -2.12. The molecule has 1 aliphatic rings. The Labute approximate surface area is 188 Å². The van der Waals surface area contributed by atoms with Gasteiger partial charge in [-0.05, 0) is 54.6 Å². The number of nitrogens with one attached hydrogen (secondary N) is 3. The molecule has 32 heavy (non-hydrogen) atoms. The number of furan rings is 1. The van der Waals surface area contributed by atoms with E-state index in [1.165, 1.54) is 6.21 Å². The Morgan fingerprint density at radius 2 is 2.03 bits per heavy atom. The van der Waals surface area contributed by atoms with Crippen molar-refractivity contribution in [3.05, 3.63) is 81.7 Å². The predicted molar refractivity (Wildman–Crippen MR) is 129 cm³/mol. The van der Waals surface area contributed by atoms with Gasteiger partial charge < -0.3 is 20.5 Å². The van der Waals surface area contributed by atoms with Gasteiger partial charge in [-0.3, -0.25) is 14.4 Å². The highest BCUT2D eigenvalue weighted by molar-refractivity contribution is 6.30. The molecule has 0 atom stereocenters. The maximum Gasteiger partial charge on any atom is 0.266 e. The third-order valence-corrected chi connectivity index (χ3v) is 5.62. The van der Waals surface area contributed by atoms with Crippen LogP contribution >= 0.6 is 11.6 Å². The zero-order chi connectivity index (χ0) is 22.1. The summed E-state index contributed by atoms with van der Waals surface area (Å²) in [5.74, 6) is 1.51. The molecule has 0 radical (unpaired) electrons. The summed E-state index contributed by atoms with van der Waals surface area (Å²) in [6, 6.07) is 16.3. The Kier molecular flexibility index (Phi) is 5.25. The van der Waals surface area contributed by atoms with Crippen molar-refractivity contribution >= 4 is 40.3 Å². The molecule has 5 rings (SSSR count). The van der Waals surface area contributed by atoms with Gasteiger partial charge in [-0.1, -0.05) is 11.6 Å². The van der Waals surface area contributed by atoms with Gasteiger partial charge in [-0.25, -0.2) is 0 Å². The molecule has 4 aromatic rings. The molecule has 0 spiro atoms. The van der Waals surface area contributed by atoms with Crippen molar-refractivity contribution in [1.82, 2.24) is 9.88 Å². The molecule has 160 valence electrons. The minimum atomic E-state index is -0.187. The number of halogens is 1. The van der Waals surface area contributed by atoms with Crippen molar-refractivity contribution in [3.63, 3.8) is 0 Å². The maximum absolute atomic E-state index is 13.2. The van der Waals surface area contributed by atoms with E-state index in [2.05, 4.69) is 15.6 Å². The Morgan fingerprint density at radius 3 is 2.78 bits per heavy atom. The van der Waals surface area contributed by atoms with E-state index in [4.69, 9.17) is 21.4 Å². The fraction of sp³-hybridized carbons (Fsp3) is 0.125. The molecule has 7 nitrogen and oxygen atoms in total. The van der Waals surface area contributed by atoms with E-state index in [1.54, 1.807) is 35.0 Å². The first kappa shape index (κ1) is 20.1. The van der Waals surface area contributed by atoms with Crippen LogP contribution in [0.15, 0.2) is 75.0 Å². The molecule has 0 amide bonds. The maximum atomic E-state index is 13.2. The Hall–Kier alpha value is -3.84. The van der Waals surface area contributed by atoms with Crippen LogP contribution in [0.5, 0.6) is 0 Å². The van der Waals surface area contributed by atoms with Gasteiger partial charge in [-0.15, -0.1) is 0 Å². The molecule has 0 saturated carbocycles. The van der Waals surface area contributed by atoms with Crippen LogP contribution in [-0.4, -0.2) is 36.3 Å². The normalized spacial score (nSPS) is 13.1. The molecule has 0 unspecified atom stereocenters. The van der Waals surface area contributed by atoms with Crippen LogP contribution in [0.4, 0.5) is 5.69 Å². The standard InChI is InChI=1S/C24H20ClN5O2/c25-17-3-1-15(2-4-17)22-12-19-21(32-22)7-10-30(24(19)31)18-5-6-20(16(11-18)13-26)29-14-23-27-8-9-28-23/h1-7,10-13,26,29H,8-9,14H2,(H,27,28). The number of benzene rings is 2. The Balaban J connectivity index is 1.48. The first-order valence-electron chi connectivity index (χ1n) is 10.2. The predicted octanol–water partition coefficient (Wildman–Crippen LogP) is 4.32. The molecule has 3 heterocycles. The lowest BCUT2D eigenvalue weighted by molar-refractivity contribution is 0.630. The van der Waals surface area contributed by atoms with E-state index in [0.717, 1.165) is 30.2 Å². The van der Waals surface area contributed by atoms with Crippen molar-refractivity contribution < 1.29 is 4.42 Å². The van der Waals surface area contributed by atoms with Gasteiger partial charge >= 0.3 is 0 Å². The van der Waals surface area contributed by atoms with Crippen LogP contribution in [0.25, 0.3) is 28.0 Å². The molecular formula is C24H20ClN5O2. The molecule has 3 N–H and O–H groups in total. The number of nitrogens with zero attached hydrogens (tertiary/aromatic N) is 2. The van der Waals surface area contributed by atoms with Gasteiger partial charge in [0.1, 0.15) is 17.2 Å². The van der Waals surface area contributed by atoms with Gasteiger partial charge in [0, 0.05) is 46.5 Å². The zero-order valence-electron chi connectivity index (χ0n) is 17.1. The first-order chi connectivity index (χ1) is 15.6. The number of rotatable bonds is 6. The largest absolute Gasteiger partial charge is 0.456 e. The van der Waals surface area contributed by atoms with E-state index >= 15 is 0 Å². The second kappa shape index (κ2) is 8.36. The molecule has 0 fully saturated rings. The minimum absolute atomic E-state index is 0.187. The van der Waals surface area contributed by atoms with Crippen molar-refractivity contribution in [1.29, 1.82) is 5.41 Å². The van der Waals surface area contributed by atoms with E-state index < -0.39 is 0 Å². The molecule has 1 aliphatic heterocycles. The summed E-state index contributed by atoms with van der Waals surface area (Å²) in [6.45, 7) is 2.20. The number of aliphatic imine (C=N–C) groups is 1. The number of fused-ring (bicyclic) bond motifs is 1. The van der Waals surface area contributed by atoms with E-state index in [9.17, 15) is 4.79 Å². The lowest BCUT2D eigenvalue weighted by atomic mass is 10.1. The third kappa shape index (κ3) is 3.78. The van der Waals surface area contributed by atoms with Crippen LogP contribution in [0.2, 0.25) is 5.02 Å². The Bertz CT molecular complexity index is 1400. The summed E-state index contributed by atoms with van der Waals surface area (Å²) in [7, 11) is 0. The van der Waals surface area contributed by atoms with Gasteiger partial charge in [0.05, 0.1) is 18.5 Å². The van der Waals surface area contributed by atoms with Gasteiger partial charge in [0.2, 0.25) is 0 Å². The molecule has 0 bridgehead atoms. The fourth-order valence-electron chi connectivity index (χ4n) is 3.72. The van der Waals surface area contributed by atoms with Crippen molar-refractivity contribution in [2.24, 2.45) is 4.99 Å². The highest BCUT2D eigenvalue weighted by Crippen LogP contribution is 2.27. The average molecular weight is 446 g/mol. The third-order valence-electron chi connectivity index (χ3n) is 5.37. The number of hydrogen-bond acceptors (Lipinski definition) is 6. The van der Waals surface area contributed by atoms with Gasteiger partial charge in [0.15, 0.2) is 0 Å². The summed E-state index contributed by atoms with van der Waals surface area (Å²) in [5, 5.41) is 15.4. The van der Waals surface area contributed by atoms with Crippen LogP contribution in [0.1, 0.15) is 5.56 Å². The highest BCUT2D eigenvalue weighted by Gasteiger charge is 2.13. The molecule has 0 aliphatic carbocycles. The lowest BCUT2D eigenvalue weighted by Crippen LogP contribution is -2.26. The topological polar surface area (TPSA) is 95.4 Å². The second-order valence-electron chi connectivity index (χ2n) is 7.41. The summed E-state index contributed by atoms with van der Waals surface area (Å²) in [6.07, 6.45) is 2.96. The summed E-state index contributed by atoms with van der Waals surface area (Å²) in [4.78, 5) is 17.6. The fourth-order valence-corrected chi connectivity index (χ4v) is 3.85. The van der Waals surface area contributed by atoms with Crippen molar-refractivity contribution in [2.45, 2.75) is 0 Å². The molecule has 0 saturated heterocycles. The summed E-state index contributed by atoms with van der Waals surface area (Å²) in [5.41, 5.74) is 3.34. The van der Waals surface area contributed by atoms with E-state index in [0.29, 0.717) is 39.5 Å². The van der Waals surface area contributed by atoms with E-state index in [-0.39, 0.29) is 5.56 Å². The smallest absolute Gasteiger partial charge is 0.266 e. The van der Waals surface area contributed by atoms with Crippen LogP contribution in [0, 0.1) is 5.41 Å². The summed E-state index contributed by atoms with van der Waals surface area (Å²) < 4.78 is 7.45. The van der Waals surface area contributed by atoms with Crippen LogP contribution in [0.3, 0.4) is 0 Å². The monoisotopic (exact) mass is 445 g/mol. The molecule has 8 heteroatoms. The quantitative estimate of drug-likeness (QED) is 0.385. The summed E-state index contributed by atoms with van der Waals surface area (Å²) >= 11 is 5.97.